The molecule has 0 aromatic heterocycles. The van der Waals surface area contributed by atoms with E-state index in [-0.39, 0.29) is 5.91 Å². The molecule has 0 aliphatic rings. The largest absolute Gasteiger partial charge is 0.371 e. The summed E-state index contributed by atoms with van der Waals surface area (Å²) in [5.41, 5.74) is 5.67. The van der Waals surface area contributed by atoms with Gasteiger partial charge in [0.2, 0.25) is 5.91 Å². The fraction of sp³-hybridized carbons (Fsp3) is 0.462. The Kier molecular flexibility index (Phi) is 4.57. The average molecular weight is 299 g/mol. The highest BCUT2D eigenvalue weighted by Crippen LogP contribution is 2.24. The molecule has 0 saturated heterocycles. The van der Waals surface area contributed by atoms with Crippen molar-refractivity contribution in [3.8, 4) is 0 Å². The number of hydrogen-bond donors (Lipinski definition) is 2. The highest BCUT2D eigenvalue weighted by atomic mass is 79.9. The van der Waals surface area contributed by atoms with Gasteiger partial charge in [-0.1, -0.05) is 35.8 Å². The summed E-state index contributed by atoms with van der Waals surface area (Å²) in [4.78, 5) is 11.6. The number of nitrogens with two attached hydrogens (primary N) is 1. The number of anilines is 1. The molecule has 17 heavy (non-hydrogen) atoms. The zero-order valence-corrected chi connectivity index (χ0v) is 12.0. The highest BCUT2D eigenvalue weighted by Gasteiger charge is 2.31. The Bertz CT molecular complexity index is 406. The first kappa shape index (κ1) is 14.0. The summed E-state index contributed by atoms with van der Waals surface area (Å²) in [6.07, 6.45) is 0.703. The van der Waals surface area contributed by atoms with Crippen LogP contribution in [0, 0.1) is 5.92 Å². The molecule has 94 valence electrons. The first-order chi connectivity index (χ1) is 7.83. The Morgan fingerprint density at radius 2 is 2.18 bits per heavy atom. The molecule has 1 amide bonds. The van der Waals surface area contributed by atoms with Gasteiger partial charge < -0.3 is 11.1 Å². The number of carbonyl (C=O) groups is 1. The minimum Gasteiger partial charge on any atom is -0.371 e. The van der Waals surface area contributed by atoms with Crippen molar-refractivity contribution >= 4 is 27.5 Å². The number of carbonyl (C=O) groups excluding carboxylic acids is 1. The molecule has 0 fully saturated rings. The lowest BCUT2D eigenvalue weighted by Gasteiger charge is -2.30. The Morgan fingerprint density at radius 3 is 2.65 bits per heavy atom. The molecule has 0 heterocycles. The van der Waals surface area contributed by atoms with Crippen LogP contribution in [0.4, 0.5) is 5.69 Å². The molecule has 1 atom stereocenters. The smallest absolute Gasteiger partial charge is 0.242 e. The van der Waals surface area contributed by atoms with E-state index in [2.05, 4.69) is 35.1 Å². The van der Waals surface area contributed by atoms with Gasteiger partial charge in [-0.25, -0.2) is 0 Å². The van der Waals surface area contributed by atoms with E-state index >= 15 is 0 Å². The van der Waals surface area contributed by atoms with Crippen LogP contribution in [0.5, 0.6) is 0 Å². The van der Waals surface area contributed by atoms with Crippen molar-refractivity contribution in [2.45, 2.75) is 32.7 Å². The van der Waals surface area contributed by atoms with Crippen molar-refractivity contribution in [3.05, 3.63) is 28.7 Å². The molecule has 1 aromatic carbocycles. The van der Waals surface area contributed by atoms with Gasteiger partial charge in [-0.05, 0) is 37.5 Å². The van der Waals surface area contributed by atoms with Gasteiger partial charge >= 0.3 is 0 Å². The maximum atomic E-state index is 11.6. The molecule has 3 N–H and O–H groups in total. The van der Waals surface area contributed by atoms with Gasteiger partial charge in [0, 0.05) is 10.2 Å². The van der Waals surface area contributed by atoms with Gasteiger partial charge in [0.1, 0.15) is 5.54 Å². The summed E-state index contributed by atoms with van der Waals surface area (Å²) in [5, 5.41) is 3.22. The summed E-state index contributed by atoms with van der Waals surface area (Å²) in [6, 6.07) is 7.71. The van der Waals surface area contributed by atoms with E-state index in [0.29, 0.717) is 12.3 Å². The van der Waals surface area contributed by atoms with Crippen LogP contribution in [-0.2, 0) is 4.79 Å². The lowest BCUT2D eigenvalue weighted by atomic mass is 9.89. The molecule has 0 spiro atoms. The molecule has 1 aromatic rings. The van der Waals surface area contributed by atoms with Crippen molar-refractivity contribution in [1.82, 2.24) is 0 Å². The van der Waals surface area contributed by atoms with Crippen LogP contribution < -0.4 is 11.1 Å². The van der Waals surface area contributed by atoms with Crippen molar-refractivity contribution in [2.75, 3.05) is 5.32 Å². The van der Waals surface area contributed by atoms with Crippen LogP contribution in [0.3, 0.4) is 0 Å². The zero-order chi connectivity index (χ0) is 13.1. The standard InChI is InChI=1S/C13H19BrN2O/c1-9(2)8-13(3,12(15)17)16-11-6-4-5-10(14)7-11/h4-7,9,16H,8H2,1-3H3,(H2,15,17). The number of benzene rings is 1. The number of nitrogens with one attached hydrogen (secondary N) is 1. The minimum absolute atomic E-state index is 0.328. The van der Waals surface area contributed by atoms with E-state index in [1.807, 2.05) is 31.2 Å². The molecule has 0 bridgehead atoms. The predicted molar refractivity (Wildman–Crippen MR) is 74.8 cm³/mol. The third kappa shape index (κ3) is 4.04. The second kappa shape index (κ2) is 5.54. The number of primary amides is 1. The van der Waals surface area contributed by atoms with Crippen molar-refractivity contribution in [3.63, 3.8) is 0 Å². The molecular formula is C13H19BrN2O. The van der Waals surface area contributed by atoms with E-state index in [9.17, 15) is 4.79 Å². The first-order valence-corrected chi connectivity index (χ1v) is 6.46. The number of amides is 1. The van der Waals surface area contributed by atoms with Gasteiger partial charge in [-0.3, -0.25) is 4.79 Å². The SMILES string of the molecule is CC(C)CC(C)(Nc1cccc(Br)c1)C(N)=O. The molecule has 0 saturated carbocycles. The summed E-state index contributed by atoms with van der Waals surface area (Å²) in [5.74, 6) is 0.0679. The molecule has 1 rings (SSSR count). The lowest BCUT2D eigenvalue weighted by molar-refractivity contribution is -0.122. The normalized spacial score (nSPS) is 14.4. The fourth-order valence-corrected chi connectivity index (χ4v) is 2.31. The Labute approximate surface area is 111 Å². The van der Waals surface area contributed by atoms with Gasteiger partial charge in [0.25, 0.3) is 0 Å². The van der Waals surface area contributed by atoms with Gasteiger partial charge in [0.05, 0.1) is 0 Å². The Hall–Kier alpha value is -1.03. The van der Waals surface area contributed by atoms with Crippen LogP contribution in [0.2, 0.25) is 0 Å². The Morgan fingerprint density at radius 1 is 1.53 bits per heavy atom. The molecule has 0 aliphatic carbocycles. The van der Waals surface area contributed by atoms with E-state index in [1.54, 1.807) is 0 Å². The minimum atomic E-state index is -0.713. The summed E-state index contributed by atoms with van der Waals surface area (Å²) < 4.78 is 0.971. The van der Waals surface area contributed by atoms with Crippen LogP contribution in [0.25, 0.3) is 0 Å². The third-order valence-electron chi connectivity index (χ3n) is 2.61. The maximum Gasteiger partial charge on any atom is 0.242 e. The summed E-state index contributed by atoms with van der Waals surface area (Å²) >= 11 is 3.40. The second-order valence-corrected chi connectivity index (χ2v) is 5.85. The quantitative estimate of drug-likeness (QED) is 0.877. The number of hydrogen-bond acceptors (Lipinski definition) is 2. The maximum absolute atomic E-state index is 11.6. The van der Waals surface area contributed by atoms with Crippen LogP contribution in [-0.4, -0.2) is 11.4 Å². The van der Waals surface area contributed by atoms with Gasteiger partial charge in [0.15, 0.2) is 0 Å². The fourth-order valence-electron chi connectivity index (χ4n) is 1.91. The van der Waals surface area contributed by atoms with Crippen molar-refractivity contribution in [2.24, 2.45) is 11.7 Å². The molecule has 4 heteroatoms. The summed E-state index contributed by atoms with van der Waals surface area (Å²) in [6.45, 7) is 5.99. The summed E-state index contributed by atoms with van der Waals surface area (Å²) in [7, 11) is 0. The lowest BCUT2D eigenvalue weighted by Crippen LogP contribution is -2.48. The second-order valence-electron chi connectivity index (χ2n) is 4.93. The van der Waals surface area contributed by atoms with Crippen LogP contribution >= 0.6 is 15.9 Å². The average Bonchev–Trinajstić information content (AvgIpc) is 2.15. The third-order valence-corrected chi connectivity index (χ3v) is 3.10. The predicted octanol–water partition coefficient (Wildman–Crippen LogP) is 3.15. The molecule has 0 aliphatic heterocycles. The van der Waals surface area contributed by atoms with E-state index in [4.69, 9.17) is 5.73 Å². The number of halogens is 1. The molecule has 0 radical (unpaired) electrons. The molecule has 3 nitrogen and oxygen atoms in total. The first-order valence-electron chi connectivity index (χ1n) is 5.67. The van der Waals surface area contributed by atoms with Gasteiger partial charge in [-0.15, -0.1) is 0 Å². The highest BCUT2D eigenvalue weighted by molar-refractivity contribution is 9.10. The van der Waals surface area contributed by atoms with E-state index in [1.165, 1.54) is 0 Å². The molecule has 1 unspecified atom stereocenters. The molecular weight excluding hydrogens is 280 g/mol. The monoisotopic (exact) mass is 298 g/mol. The number of rotatable bonds is 5. The van der Waals surface area contributed by atoms with Crippen LogP contribution in [0.1, 0.15) is 27.2 Å². The van der Waals surface area contributed by atoms with Crippen molar-refractivity contribution in [1.29, 1.82) is 0 Å². The van der Waals surface area contributed by atoms with Crippen molar-refractivity contribution < 1.29 is 4.79 Å². The Balaban J connectivity index is 2.90. The van der Waals surface area contributed by atoms with Crippen LogP contribution in [0.15, 0.2) is 28.7 Å². The zero-order valence-electron chi connectivity index (χ0n) is 10.5. The topological polar surface area (TPSA) is 55.1 Å². The van der Waals surface area contributed by atoms with E-state index < -0.39 is 5.54 Å². The van der Waals surface area contributed by atoms with E-state index in [0.717, 1.165) is 10.2 Å². The van der Waals surface area contributed by atoms with Gasteiger partial charge in [-0.2, -0.15) is 0 Å².